The number of hydrogen-bond donors (Lipinski definition) is 1. The number of carbonyl (C=O) groups excluding carboxylic acids is 2. The summed E-state index contributed by atoms with van der Waals surface area (Å²) in [6.07, 6.45) is 2.58. The molecule has 158 valence electrons. The summed E-state index contributed by atoms with van der Waals surface area (Å²) in [4.78, 5) is 33.7. The Bertz CT molecular complexity index is 1070. The van der Waals surface area contributed by atoms with Crippen molar-refractivity contribution in [1.82, 2.24) is 15.2 Å². The predicted molar refractivity (Wildman–Crippen MR) is 121 cm³/mol. The molecule has 1 saturated heterocycles. The van der Waals surface area contributed by atoms with Crippen LogP contribution in [0, 0.1) is 6.92 Å². The molecule has 1 fully saturated rings. The van der Waals surface area contributed by atoms with Crippen molar-refractivity contribution in [2.24, 2.45) is 0 Å². The molecule has 0 radical (unpaired) electrons. The van der Waals surface area contributed by atoms with Crippen molar-refractivity contribution >= 4 is 17.6 Å². The van der Waals surface area contributed by atoms with E-state index in [1.165, 1.54) is 5.56 Å². The van der Waals surface area contributed by atoms with Crippen LogP contribution in [0.25, 0.3) is 0 Å². The molecule has 6 nitrogen and oxygen atoms in total. The van der Waals surface area contributed by atoms with Crippen molar-refractivity contribution in [3.63, 3.8) is 0 Å². The van der Waals surface area contributed by atoms with E-state index in [4.69, 9.17) is 0 Å². The number of carbonyl (C=O) groups is 2. The SMILES string of the molecule is Cc1ccccc1CN1CCCN(c2cccc(C(=O)NCc3ccccn3)c2)C1=O. The first-order chi connectivity index (χ1) is 15.1. The smallest absolute Gasteiger partial charge is 0.324 e. The number of nitrogens with one attached hydrogen (secondary N) is 1. The molecule has 0 atom stereocenters. The highest BCUT2D eigenvalue weighted by Crippen LogP contribution is 2.23. The molecule has 3 aromatic rings. The number of rotatable bonds is 6. The first-order valence-electron chi connectivity index (χ1n) is 10.5. The Labute approximate surface area is 182 Å². The molecule has 1 aromatic heterocycles. The number of urea groups is 1. The van der Waals surface area contributed by atoms with Crippen LogP contribution in [0.4, 0.5) is 10.5 Å². The van der Waals surface area contributed by atoms with Gasteiger partial charge in [-0.2, -0.15) is 0 Å². The van der Waals surface area contributed by atoms with Gasteiger partial charge in [-0.3, -0.25) is 14.7 Å². The van der Waals surface area contributed by atoms with Crippen LogP contribution in [0.15, 0.2) is 72.9 Å². The van der Waals surface area contributed by atoms with Gasteiger partial charge in [-0.05, 0) is 54.8 Å². The average Bonchev–Trinajstić information content (AvgIpc) is 2.81. The number of anilines is 1. The summed E-state index contributed by atoms with van der Waals surface area (Å²) >= 11 is 0. The van der Waals surface area contributed by atoms with Crippen LogP contribution >= 0.6 is 0 Å². The Hall–Kier alpha value is -3.67. The minimum atomic E-state index is -0.186. The summed E-state index contributed by atoms with van der Waals surface area (Å²) in [6, 6.07) is 20.9. The minimum absolute atomic E-state index is 0.0273. The van der Waals surface area contributed by atoms with Gasteiger partial charge < -0.3 is 10.2 Å². The van der Waals surface area contributed by atoms with Gasteiger partial charge in [0, 0.05) is 37.1 Å². The van der Waals surface area contributed by atoms with E-state index in [0.717, 1.165) is 29.9 Å². The zero-order valence-electron chi connectivity index (χ0n) is 17.6. The van der Waals surface area contributed by atoms with Crippen LogP contribution in [0.5, 0.6) is 0 Å². The van der Waals surface area contributed by atoms with Crippen LogP contribution in [0.1, 0.15) is 33.6 Å². The van der Waals surface area contributed by atoms with Crippen molar-refractivity contribution in [3.05, 3.63) is 95.3 Å². The maximum atomic E-state index is 13.2. The number of nitrogens with zero attached hydrogens (tertiary/aromatic N) is 3. The van der Waals surface area contributed by atoms with E-state index in [0.29, 0.717) is 25.2 Å². The second-order valence-electron chi connectivity index (χ2n) is 7.69. The summed E-state index contributed by atoms with van der Waals surface area (Å²) in [6.45, 7) is 4.38. The molecule has 0 aliphatic carbocycles. The lowest BCUT2D eigenvalue weighted by Gasteiger charge is -2.36. The first-order valence-corrected chi connectivity index (χ1v) is 10.5. The number of aryl methyl sites for hydroxylation is 1. The first kappa shape index (κ1) is 20.6. The monoisotopic (exact) mass is 414 g/mol. The maximum Gasteiger partial charge on any atom is 0.324 e. The Morgan fingerprint density at radius 2 is 1.87 bits per heavy atom. The van der Waals surface area contributed by atoms with Gasteiger partial charge in [-0.15, -0.1) is 0 Å². The van der Waals surface area contributed by atoms with E-state index in [-0.39, 0.29) is 11.9 Å². The molecular formula is C25H26N4O2. The molecular weight excluding hydrogens is 388 g/mol. The molecule has 2 heterocycles. The van der Waals surface area contributed by atoms with Gasteiger partial charge in [0.1, 0.15) is 0 Å². The Balaban J connectivity index is 1.45. The van der Waals surface area contributed by atoms with Gasteiger partial charge in [-0.1, -0.05) is 36.4 Å². The summed E-state index contributed by atoms with van der Waals surface area (Å²) in [7, 11) is 0. The van der Waals surface area contributed by atoms with E-state index in [2.05, 4.69) is 29.4 Å². The van der Waals surface area contributed by atoms with Crippen molar-refractivity contribution in [1.29, 1.82) is 0 Å². The van der Waals surface area contributed by atoms with E-state index >= 15 is 0 Å². The normalized spacial score (nSPS) is 13.9. The highest BCUT2D eigenvalue weighted by molar-refractivity contribution is 5.98. The molecule has 4 rings (SSSR count). The molecule has 0 spiro atoms. The lowest BCUT2D eigenvalue weighted by molar-refractivity contribution is 0.0950. The second-order valence-corrected chi connectivity index (χ2v) is 7.69. The molecule has 1 aliphatic heterocycles. The van der Waals surface area contributed by atoms with Gasteiger partial charge in [-0.25, -0.2) is 4.79 Å². The van der Waals surface area contributed by atoms with Crippen LogP contribution in [0.3, 0.4) is 0 Å². The number of hydrogen-bond acceptors (Lipinski definition) is 3. The Morgan fingerprint density at radius 3 is 2.68 bits per heavy atom. The standard InChI is InChI=1S/C25H26N4O2/c1-19-8-2-3-9-21(19)18-28-14-7-15-29(25(28)31)23-12-6-10-20(16-23)24(30)27-17-22-11-4-5-13-26-22/h2-6,8-13,16H,7,14-15,17-18H2,1H3,(H,27,30). The third-order valence-corrected chi connectivity index (χ3v) is 5.51. The summed E-state index contributed by atoms with van der Waals surface area (Å²) < 4.78 is 0. The van der Waals surface area contributed by atoms with Gasteiger partial charge in [0.05, 0.1) is 12.2 Å². The van der Waals surface area contributed by atoms with E-state index < -0.39 is 0 Å². The molecule has 1 aliphatic rings. The highest BCUT2D eigenvalue weighted by atomic mass is 16.2. The predicted octanol–water partition coefficient (Wildman–Crippen LogP) is 4.15. The third kappa shape index (κ3) is 4.91. The van der Waals surface area contributed by atoms with E-state index in [1.54, 1.807) is 23.2 Å². The fourth-order valence-electron chi connectivity index (χ4n) is 3.75. The van der Waals surface area contributed by atoms with Crippen molar-refractivity contribution in [3.8, 4) is 0 Å². The zero-order valence-corrected chi connectivity index (χ0v) is 17.6. The molecule has 0 bridgehead atoms. The third-order valence-electron chi connectivity index (χ3n) is 5.51. The van der Waals surface area contributed by atoms with Gasteiger partial charge in [0.2, 0.25) is 0 Å². The zero-order chi connectivity index (χ0) is 21.6. The molecule has 31 heavy (non-hydrogen) atoms. The highest BCUT2D eigenvalue weighted by Gasteiger charge is 2.27. The van der Waals surface area contributed by atoms with Crippen LogP contribution in [-0.2, 0) is 13.1 Å². The number of pyridine rings is 1. The lowest BCUT2D eigenvalue weighted by atomic mass is 10.1. The van der Waals surface area contributed by atoms with E-state index in [9.17, 15) is 9.59 Å². The van der Waals surface area contributed by atoms with Gasteiger partial charge in [0.25, 0.3) is 5.91 Å². The Morgan fingerprint density at radius 1 is 1.03 bits per heavy atom. The summed E-state index contributed by atoms with van der Waals surface area (Å²) in [5, 5.41) is 2.89. The van der Waals surface area contributed by atoms with Crippen molar-refractivity contribution in [2.45, 2.75) is 26.4 Å². The molecule has 3 amide bonds. The van der Waals surface area contributed by atoms with Crippen LogP contribution in [0.2, 0.25) is 0 Å². The minimum Gasteiger partial charge on any atom is -0.346 e. The maximum absolute atomic E-state index is 13.2. The number of amides is 3. The fraction of sp³-hybridized carbons (Fsp3) is 0.240. The summed E-state index contributed by atoms with van der Waals surface area (Å²) in [5.41, 5.74) is 4.40. The fourth-order valence-corrected chi connectivity index (χ4v) is 3.75. The molecule has 1 N–H and O–H groups in total. The van der Waals surface area contributed by atoms with Crippen LogP contribution < -0.4 is 10.2 Å². The quantitative estimate of drug-likeness (QED) is 0.659. The Kier molecular flexibility index (Phi) is 6.26. The largest absolute Gasteiger partial charge is 0.346 e. The van der Waals surface area contributed by atoms with Crippen molar-refractivity contribution in [2.75, 3.05) is 18.0 Å². The number of aromatic nitrogens is 1. The average molecular weight is 415 g/mol. The summed E-state index contributed by atoms with van der Waals surface area (Å²) in [5.74, 6) is -0.186. The lowest BCUT2D eigenvalue weighted by Crippen LogP contribution is -2.49. The molecule has 6 heteroatoms. The number of benzene rings is 2. The van der Waals surface area contributed by atoms with Crippen molar-refractivity contribution < 1.29 is 9.59 Å². The molecule has 0 unspecified atom stereocenters. The second kappa shape index (κ2) is 9.43. The van der Waals surface area contributed by atoms with Crippen LogP contribution in [-0.4, -0.2) is 34.9 Å². The van der Waals surface area contributed by atoms with Gasteiger partial charge in [0.15, 0.2) is 0 Å². The molecule has 0 saturated carbocycles. The van der Waals surface area contributed by atoms with E-state index in [1.807, 2.05) is 47.4 Å². The molecule has 2 aromatic carbocycles. The topological polar surface area (TPSA) is 65.5 Å². The van der Waals surface area contributed by atoms with Gasteiger partial charge >= 0.3 is 6.03 Å².